The summed E-state index contributed by atoms with van der Waals surface area (Å²) in [6.07, 6.45) is 0. The fraction of sp³-hybridized carbons (Fsp3) is 0.467. The first-order valence-electron chi connectivity index (χ1n) is 6.58. The van der Waals surface area contributed by atoms with Gasteiger partial charge in [0.1, 0.15) is 0 Å². The van der Waals surface area contributed by atoms with Crippen LogP contribution in [0.4, 0.5) is 0 Å². The number of fused-ring (bicyclic) bond motifs is 1. The number of aliphatic carboxylic acids is 1. The molecule has 0 radical (unpaired) electrons. The molecule has 1 N–H and O–H groups in total. The van der Waals surface area contributed by atoms with Crippen molar-refractivity contribution in [3.63, 3.8) is 0 Å². The van der Waals surface area contributed by atoms with Gasteiger partial charge in [-0.15, -0.1) is 0 Å². The Labute approximate surface area is 123 Å². The number of nitrogens with zero attached hydrogens (tertiary/aromatic N) is 2. The van der Waals surface area contributed by atoms with Gasteiger partial charge in [0.2, 0.25) is 0 Å². The molecule has 0 aliphatic carbocycles. The zero-order valence-corrected chi connectivity index (χ0v) is 13.1. The zero-order chi connectivity index (χ0) is 14.9. The number of carboxylic acids is 1. The van der Waals surface area contributed by atoms with Crippen molar-refractivity contribution in [1.29, 1.82) is 0 Å². The van der Waals surface area contributed by atoms with Gasteiger partial charge in [-0.05, 0) is 30.0 Å². The highest BCUT2D eigenvalue weighted by Crippen LogP contribution is 2.28. The molecule has 1 aromatic heterocycles. The molecule has 0 saturated carbocycles. The third kappa shape index (κ3) is 3.54. The summed E-state index contributed by atoms with van der Waals surface area (Å²) >= 11 is 1.28. The number of aromatic nitrogens is 2. The third-order valence-corrected chi connectivity index (χ3v) is 3.79. The molecule has 0 atom stereocenters. The monoisotopic (exact) mass is 292 g/mol. The van der Waals surface area contributed by atoms with E-state index in [1.165, 1.54) is 17.3 Å². The smallest absolute Gasteiger partial charge is 0.313 e. The van der Waals surface area contributed by atoms with Gasteiger partial charge in [-0.2, -0.15) is 0 Å². The third-order valence-electron chi connectivity index (χ3n) is 2.83. The number of thioether (sulfide) groups is 1. The quantitative estimate of drug-likeness (QED) is 0.875. The molecule has 0 spiro atoms. The molecule has 108 valence electrons. The van der Waals surface area contributed by atoms with E-state index in [9.17, 15) is 4.79 Å². The lowest BCUT2D eigenvalue weighted by molar-refractivity contribution is -0.133. The minimum atomic E-state index is -0.819. The van der Waals surface area contributed by atoms with Crippen LogP contribution < -0.4 is 0 Å². The van der Waals surface area contributed by atoms with E-state index in [0.29, 0.717) is 0 Å². The molecule has 5 heteroatoms. The molecule has 0 saturated heterocycles. The van der Waals surface area contributed by atoms with Crippen LogP contribution in [0.2, 0.25) is 0 Å². The summed E-state index contributed by atoms with van der Waals surface area (Å²) in [4.78, 5) is 15.4. The van der Waals surface area contributed by atoms with Gasteiger partial charge in [0.15, 0.2) is 5.16 Å². The van der Waals surface area contributed by atoms with Crippen LogP contribution in [0.15, 0.2) is 23.4 Å². The number of hydrogen-bond donors (Lipinski definition) is 1. The lowest BCUT2D eigenvalue weighted by Crippen LogP contribution is -2.16. The average molecular weight is 292 g/mol. The number of rotatable bonds is 4. The van der Waals surface area contributed by atoms with E-state index in [1.54, 1.807) is 0 Å². The lowest BCUT2D eigenvalue weighted by atomic mass is 9.97. The van der Waals surface area contributed by atoms with Crippen LogP contribution in [0.25, 0.3) is 11.0 Å². The molecule has 0 aliphatic rings. The lowest BCUT2D eigenvalue weighted by Gasteiger charge is -2.21. The van der Waals surface area contributed by atoms with Crippen LogP contribution in [0, 0.1) is 12.3 Å². The zero-order valence-electron chi connectivity index (χ0n) is 12.3. The number of imidazole rings is 1. The summed E-state index contributed by atoms with van der Waals surface area (Å²) < 4.78 is 2.13. The van der Waals surface area contributed by atoms with Crippen molar-refractivity contribution in [3.8, 4) is 0 Å². The molecule has 2 aromatic rings. The van der Waals surface area contributed by atoms with Crippen LogP contribution in [0.5, 0.6) is 0 Å². The molecule has 1 aromatic carbocycles. The SMILES string of the molecule is Cc1ccc2nc(SCC(=O)O)n(CC(C)(C)C)c2c1. The highest BCUT2D eigenvalue weighted by Gasteiger charge is 2.18. The Bertz CT molecular complexity index is 641. The van der Waals surface area contributed by atoms with E-state index in [4.69, 9.17) is 5.11 Å². The number of aryl methyl sites for hydroxylation is 1. The fourth-order valence-corrected chi connectivity index (χ4v) is 2.81. The molecule has 0 unspecified atom stereocenters. The average Bonchev–Trinajstić information content (AvgIpc) is 2.63. The van der Waals surface area contributed by atoms with Crippen molar-refractivity contribution in [2.45, 2.75) is 39.4 Å². The van der Waals surface area contributed by atoms with Gasteiger partial charge < -0.3 is 9.67 Å². The first-order valence-corrected chi connectivity index (χ1v) is 7.56. The van der Waals surface area contributed by atoms with Crippen LogP contribution >= 0.6 is 11.8 Å². The molecule has 20 heavy (non-hydrogen) atoms. The summed E-state index contributed by atoms with van der Waals surface area (Å²) in [5.41, 5.74) is 3.29. The molecule has 0 bridgehead atoms. The molecule has 4 nitrogen and oxygen atoms in total. The van der Waals surface area contributed by atoms with Gasteiger partial charge in [-0.25, -0.2) is 4.98 Å². The maximum Gasteiger partial charge on any atom is 0.313 e. The number of benzene rings is 1. The molecule has 2 rings (SSSR count). The van der Waals surface area contributed by atoms with Crippen LogP contribution in [-0.2, 0) is 11.3 Å². The highest BCUT2D eigenvalue weighted by atomic mass is 32.2. The van der Waals surface area contributed by atoms with E-state index in [-0.39, 0.29) is 11.2 Å². The predicted molar refractivity (Wildman–Crippen MR) is 82.3 cm³/mol. The first kappa shape index (κ1) is 14.9. The molecular weight excluding hydrogens is 272 g/mol. The minimum Gasteiger partial charge on any atom is -0.481 e. The summed E-state index contributed by atoms with van der Waals surface area (Å²) in [7, 11) is 0. The molecular formula is C15H20N2O2S. The van der Waals surface area contributed by atoms with Crippen molar-refractivity contribution in [2.75, 3.05) is 5.75 Å². The molecule has 1 heterocycles. The van der Waals surface area contributed by atoms with Crippen molar-refractivity contribution >= 4 is 28.8 Å². The van der Waals surface area contributed by atoms with Crippen molar-refractivity contribution < 1.29 is 9.90 Å². The van der Waals surface area contributed by atoms with Gasteiger partial charge in [-0.3, -0.25) is 4.79 Å². The van der Waals surface area contributed by atoms with Crippen LogP contribution in [0.1, 0.15) is 26.3 Å². The van der Waals surface area contributed by atoms with E-state index in [1.807, 2.05) is 12.1 Å². The molecule has 0 fully saturated rings. The Hall–Kier alpha value is -1.49. The van der Waals surface area contributed by atoms with E-state index in [2.05, 4.69) is 43.3 Å². The normalized spacial score (nSPS) is 12.0. The summed E-state index contributed by atoms with van der Waals surface area (Å²) in [6.45, 7) is 9.37. The van der Waals surface area contributed by atoms with Gasteiger partial charge in [0.25, 0.3) is 0 Å². The van der Waals surface area contributed by atoms with Crippen molar-refractivity contribution in [3.05, 3.63) is 23.8 Å². The highest BCUT2D eigenvalue weighted by molar-refractivity contribution is 7.99. The maximum atomic E-state index is 10.8. The summed E-state index contributed by atoms with van der Waals surface area (Å²) in [5, 5.41) is 9.64. The van der Waals surface area contributed by atoms with Gasteiger partial charge in [0.05, 0.1) is 16.8 Å². The second-order valence-corrected chi connectivity index (χ2v) is 7.16. The Morgan fingerprint density at radius 1 is 1.40 bits per heavy atom. The van der Waals surface area contributed by atoms with Gasteiger partial charge in [0, 0.05) is 6.54 Å². The standard InChI is InChI=1S/C15H20N2O2S/c1-10-5-6-11-12(7-10)17(9-15(2,3)4)14(16-11)20-8-13(18)19/h5-7H,8-9H2,1-4H3,(H,18,19). The summed E-state index contributed by atoms with van der Waals surface area (Å²) in [5.74, 6) is -0.785. The largest absolute Gasteiger partial charge is 0.481 e. The van der Waals surface area contributed by atoms with E-state index in [0.717, 1.165) is 22.7 Å². The van der Waals surface area contributed by atoms with E-state index >= 15 is 0 Å². The Balaban J connectivity index is 2.48. The molecule has 0 aliphatic heterocycles. The Morgan fingerprint density at radius 2 is 2.10 bits per heavy atom. The number of hydrogen-bond acceptors (Lipinski definition) is 3. The van der Waals surface area contributed by atoms with Crippen molar-refractivity contribution in [1.82, 2.24) is 9.55 Å². The van der Waals surface area contributed by atoms with Crippen molar-refractivity contribution in [2.24, 2.45) is 5.41 Å². The Kier molecular flexibility index (Phi) is 4.09. The predicted octanol–water partition coefficient (Wildman–Crippen LogP) is 3.57. The maximum absolute atomic E-state index is 10.8. The van der Waals surface area contributed by atoms with E-state index < -0.39 is 5.97 Å². The number of carbonyl (C=O) groups is 1. The first-order chi connectivity index (χ1) is 9.26. The molecule has 0 amide bonds. The number of carboxylic acid groups (broad SMARTS) is 1. The van der Waals surface area contributed by atoms with Gasteiger partial charge in [-0.1, -0.05) is 38.6 Å². The second kappa shape index (κ2) is 5.48. The summed E-state index contributed by atoms with van der Waals surface area (Å²) in [6, 6.07) is 6.13. The van der Waals surface area contributed by atoms with Gasteiger partial charge >= 0.3 is 5.97 Å². The minimum absolute atomic E-state index is 0.0342. The second-order valence-electron chi connectivity index (χ2n) is 6.22. The van der Waals surface area contributed by atoms with Crippen LogP contribution in [-0.4, -0.2) is 26.4 Å². The fourth-order valence-electron chi connectivity index (χ4n) is 2.07. The topological polar surface area (TPSA) is 55.1 Å². The Morgan fingerprint density at radius 3 is 2.70 bits per heavy atom. The van der Waals surface area contributed by atoms with Crippen LogP contribution in [0.3, 0.4) is 0 Å².